The standard InChI is InChI=1S/C31H28N2/c1-22(2)23-18-20-26(21-19-23)32-31(25-11-4-3-5-12-25)30-17-9-16-29(33-30)28-15-8-13-24-10-6-7-14-27(24)28/h3-22,31-32H,1-2H3/p+1. The Morgan fingerprint density at radius 3 is 2.09 bits per heavy atom. The van der Waals surface area contributed by atoms with Gasteiger partial charge in [0.25, 0.3) is 0 Å². The van der Waals surface area contributed by atoms with Crippen LogP contribution in [0, 0.1) is 0 Å². The molecule has 5 aromatic rings. The number of benzene rings is 4. The van der Waals surface area contributed by atoms with Gasteiger partial charge in [0, 0.05) is 11.1 Å². The summed E-state index contributed by atoms with van der Waals surface area (Å²) in [6.07, 6.45) is 0. The zero-order valence-corrected chi connectivity index (χ0v) is 19.1. The lowest BCUT2D eigenvalue weighted by atomic mass is 9.99. The Morgan fingerprint density at radius 2 is 1.30 bits per heavy atom. The van der Waals surface area contributed by atoms with E-state index in [4.69, 9.17) is 4.98 Å². The monoisotopic (exact) mass is 429 g/mol. The molecule has 162 valence electrons. The Hall–Kier alpha value is -3.75. The van der Waals surface area contributed by atoms with E-state index in [2.05, 4.69) is 134 Å². The summed E-state index contributed by atoms with van der Waals surface area (Å²) < 4.78 is 0. The second-order valence-electron chi connectivity index (χ2n) is 8.85. The Morgan fingerprint density at radius 1 is 0.606 bits per heavy atom. The number of hydrogen-bond acceptors (Lipinski definition) is 1. The van der Waals surface area contributed by atoms with Gasteiger partial charge in [0.2, 0.25) is 0 Å². The minimum atomic E-state index is 0.0750. The lowest BCUT2D eigenvalue weighted by Gasteiger charge is -2.17. The molecular formula is C31H29N2+. The van der Waals surface area contributed by atoms with Gasteiger partial charge in [0.1, 0.15) is 11.4 Å². The fourth-order valence-corrected chi connectivity index (χ4v) is 4.42. The molecule has 0 amide bonds. The summed E-state index contributed by atoms with van der Waals surface area (Å²) in [6.45, 7) is 4.46. The second kappa shape index (κ2) is 9.40. The van der Waals surface area contributed by atoms with E-state index in [1.807, 2.05) is 0 Å². The summed E-state index contributed by atoms with van der Waals surface area (Å²) in [5, 5.41) is 4.79. The van der Waals surface area contributed by atoms with Crippen molar-refractivity contribution in [2.24, 2.45) is 0 Å². The summed E-state index contributed by atoms with van der Waals surface area (Å²) >= 11 is 0. The first-order chi connectivity index (χ1) is 16.2. The third-order valence-electron chi connectivity index (χ3n) is 6.28. The fraction of sp³-hybridized carbons (Fsp3) is 0.129. The average molecular weight is 430 g/mol. The molecule has 5 rings (SSSR count). The van der Waals surface area contributed by atoms with E-state index in [-0.39, 0.29) is 6.04 Å². The van der Waals surface area contributed by atoms with Crippen molar-refractivity contribution < 1.29 is 5.32 Å². The molecule has 2 nitrogen and oxygen atoms in total. The predicted octanol–water partition coefficient (Wildman–Crippen LogP) is 7.01. The Bertz CT molecular complexity index is 1350. The van der Waals surface area contributed by atoms with Crippen LogP contribution < -0.4 is 5.32 Å². The van der Waals surface area contributed by atoms with E-state index in [0.717, 1.165) is 11.4 Å². The smallest absolute Gasteiger partial charge is 0.159 e. The zero-order chi connectivity index (χ0) is 22.6. The van der Waals surface area contributed by atoms with Crippen LogP contribution in [0.2, 0.25) is 0 Å². The molecule has 1 unspecified atom stereocenters. The highest BCUT2D eigenvalue weighted by Gasteiger charge is 2.21. The van der Waals surface area contributed by atoms with Crippen molar-refractivity contribution in [2.75, 3.05) is 0 Å². The van der Waals surface area contributed by atoms with Gasteiger partial charge in [0.15, 0.2) is 6.04 Å². The van der Waals surface area contributed by atoms with Crippen LogP contribution in [0.25, 0.3) is 22.0 Å². The number of nitrogens with two attached hydrogens (primary N) is 1. The molecule has 1 aromatic heterocycles. The minimum Gasteiger partial charge on any atom is -0.303 e. The van der Waals surface area contributed by atoms with E-state index in [9.17, 15) is 0 Å². The third kappa shape index (κ3) is 4.57. The zero-order valence-electron chi connectivity index (χ0n) is 19.1. The molecule has 0 fully saturated rings. The topological polar surface area (TPSA) is 29.5 Å². The molecule has 0 aliphatic heterocycles. The highest BCUT2D eigenvalue weighted by molar-refractivity contribution is 5.95. The number of hydrogen-bond donors (Lipinski definition) is 1. The fourth-order valence-electron chi connectivity index (χ4n) is 4.42. The highest BCUT2D eigenvalue weighted by Crippen LogP contribution is 2.29. The molecule has 0 saturated heterocycles. The van der Waals surface area contributed by atoms with Gasteiger partial charge in [-0.25, -0.2) is 4.98 Å². The van der Waals surface area contributed by atoms with Gasteiger partial charge in [-0.3, -0.25) is 0 Å². The molecule has 0 aliphatic carbocycles. The van der Waals surface area contributed by atoms with E-state index in [0.29, 0.717) is 5.92 Å². The number of quaternary nitrogens is 1. The normalized spacial score (nSPS) is 12.2. The number of aromatic nitrogens is 1. The van der Waals surface area contributed by atoms with Crippen LogP contribution in [0.3, 0.4) is 0 Å². The van der Waals surface area contributed by atoms with Crippen LogP contribution in [0.5, 0.6) is 0 Å². The molecule has 0 saturated carbocycles. The maximum Gasteiger partial charge on any atom is 0.159 e. The van der Waals surface area contributed by atoms with Crippen molar-refractivity contribution in [3.05, 3.63) is 132 Å². The summed E-state index contributed by atoms with van der Waals surface area (Å²) in [6, 6.07) is 41.0. The number of nitrogens with zero attached hydrogens (tertiary/aromatic N) is 1. The van der Waals surface area contributed by atoms with E-state index in [1.54, 1.807) is 0 Å². The van der Waals surface area contributed by atoms with Crippen molar-refractivity contribution in [3.8, 4) is 11.3 Å². The molecule has 1 heterocycles. The molecule has 2 N–H and O–H groups in total. The molecule has 33 heavy (non-hydrogen) atoms. The summed E-state index contributed by atoms with van der Waals surface area (Å²) in [5.74, 6) is 0.531. The molecule has 1 atom stereocenters. The van der Waals surface area contributed by atoms with Crippen molar-refractivity contribution in [2.45, 2.75) is 25.8 Å². The van der Waals surface area contributed by atoms with Gasteiger partial charge in [-0.15, -0.1) is 0 Å². The van der Waals surface area contributed by atoms with Gasteiger partial charge < -0.3 is 5.32 Å². The second-order valence-corrected chi connectivity index (χ2v) is 8.85. The van der Waals surface area contributed by atoms with Gasteiger partial charge in [0.05, 0.1) is 5.69 Å². The van der Waals surface area contributed by atoms with Crippen molar-refractivity contribution in [1.29, 1.82) is 0 Å². The Balaban J connectivity index is 1.56. The van der Waals surface area contributed by atoms with Crippen LogP contribution in [-0.4, -0.2) is 4.98 Å². The SMILES string of the molecule is CC(C)c1ccc([NH2+]C(c2ccccc2)c2cccc(-c3cccc4ccccc34)n2)cc1. The van der Waals surface area contributed by atoms with Gasteiger partial charge in [-0.2, -0.15) is 0 Å². The largest absolute Gasteiger partial charge is 0.303 e. The maximum atomic E-state index is 5.18. The van der Waals surface area contributed by atoms with Crippen molar-refractivity contribution >= 4 is 16.5 Å². The van der Waals surface area contributed by atoms with Gasteiger partial charge >= 0.3 is 0 Å². The maximum absolute atomic E-state index is 5.18. The van der Waals surface area contributed by atoms with Crippen LogP contribution >= 0.6 is 0 Å². The first-order valence-electron chi connectivity index (χ1n) is 11.6. The van der Waals surface area contributed by atoms with E-state index >= 15 is 0 Å². The summed E-state index contributed by atoms with van der Waals surface area (Å²) in [4.78, 5) is 5.18. The molecule has 0 aliphatic rings. The molecule has 0 spiro atoms. The summed E-state index contributed by atoms with van der Waals surface area (Å²) in [5.41, 5.74) is 7.05. The molecule has 4 aromatic carbocycles. The summed E-state index contributed by atoms with van der Waals surface area (Å²) in [7, 11) is 0. The molecule has 0 bridgehead atoms. The van der Waals surface area contributed by atoms with Crippen molar-refractivity contribution in [1.82, 2.24) is 4.98 Å². The van der Waals surface area contributed by atoms with Crippen LogP contribution in [0.1, 0.15) is 42.6 Å². The number of rotatable bonds is 6. The highest BCUT2D eigenvalue weighted by atomic mass is 14.9. The molecular weight excluding hydrogens is 400 g/mol. The first-order valence-corrected chi connectivity index (χ1v) is 11.6. The lowest BCUT2D eigenvalue weighted by Crippen LogP contribution is -2.79. The average Bonchev–Trinajstić information content (AvgIpc) is 2.88. The quantitative estimate of drug-likeness (QED) is 0.289. The lowest BCUT2D eigenvalue weighted by molar-refractivity contribution is -0.608. The Kier molecular flexibility index (Phi) is 6.01. The van der Waals surface area contributed by atoms with E-state index < -0.39 is 0 Å². The number of fused-ring (bicyclic) bond motifs is 1. The first kappa shape index (κ1) is 21.1. The Labute approximate surface area is 196 Å². The van der Waals surface area contributed by atoms with Gasteiger partial charge in [-0.05, 0) is 46.5 Å². The minimum absolute atomic E-state index is 0.0750. The van der Waals surface area contributed by atoms with Crippen LogP contribution in [0.4, 0.5) is 5.69 Å². The molecule has 2 heteroatoms. The third-order valence-corrected chi connectivity index (χ3v) is 6.28. The molecule has 0 radical (unpaired) electrons. The van der Waals surface area contributed by atoms with Crippen molar-refractivity contribution in [3.63, 3.8) is 0 Å². The van der Waals surface area contributed by atoms with Crippen LogP contribution in [-0.2, 0) is 0 Å². The predicted molar refractivity (Wildman–Crippen MR) is 138 cm³/mol. The van der Waals surface area contributed by atoms with Crippen LogP contribution in [0.15, 0.2) is 115 Å². The van der Waals surface area contributed by atoms with Gasteiger partial charge in [-0.1, -0.05) is 105 Å². The number of pyridine rings is 1. The van der Waals surface area contributed by atoms with E-state index in [1.165, 1.54) is 33.2 Å².